The Morgan fingerprint density at radius 3 is 2.64 bits per heavy atom. The zero-order chi connectivity index (χ0) is 19.9. The van der Waals surface area contributed by atoms with Gasteiger partial charge in [0.15, 0.2) is 0 Å². The van der Waals surface area contributed by atoms with Gasteiger partial charge in [0, 0.05) is 25.3 Å². The van der Waals surface area contributed by atoms with E-state index in [4.69, 9.17) is 9.84 Å². The first kappa shape index (κ1) is 19.9. The van der Waals surface area contributed by atoms with Crippen molar-refractivity contribution in [2.75, 3.05) is 45.2 Å². The summed E-state index contributed by atoms with van der Waals surface area (Å²) in [5.74, 6) is -0.944. The van der Waals surface area contributed by atoms with Crippen molar-refractivity contribution >= 4 is 23.3 Å². The van der Waals surface area contributed by atoms with E-state index < -0.39 is 5.97 Å². The Labute approximate surface area is 164 Å². The molecule has 1 fully saturated rings. The van der Waals surface area contributed by atoms with Crippen LogP contribution in [-0.4, -0.2) is 72.7 Å². The number of rotatable bonds is 7. The van der Waals surface area contributed by atoms with Gasteiger partial charge in [-0.05, 0) is 31.3 Å². The molecule has 1 aliphatic rings. The van der Waals surface area contributed by atoms with Crippen LogP contribution in [0.4, 0.5) is 11.4 Å². The Hall–Kier alpha value is -2.90. The monoisotopic (exact) mass is 383 g/mol. The molecular weight excluding hydrogens is 358 g/mol. The molecule has 7 heteroatoms. The van der Waals surface area contributed by atoms with Gasteiger partial charge in [-0.3, -0.25) is 14.5 Å². The van der Waals surface area contributed by atoms with E-state index in [0.29, 0.717) is 31.8 Å². The maximum Gasteiger partial charge on any atom is 0.317 e. The zero-order valence-corrected chi connectivity index (χ0v) is 15.9. The third kappa shape index (κ3) is 5.31. The molecule has 0 spiro atoms. The van der Waals surface area contributed by atoms with Gasteiger partial charge in [-0.1, -0.05) is 30.3 Å². The third-order valence-corrected chi connectivity index (χ3v) is 4.56. The molecule has 148 valence electrons. The van der Waals surface area contributed by atoms with E-state index in [2.05, 4.69) is 5.32 Å². The van der Waals surface area contributed by atoms with Gasteiger partial charge in [-0.25, -0.2) is 0 Å². The second-order valence-corrected chi connectivity index (χ2v) is 6.87. The predicted octanol–water partition coefficient (Wildman–Crippen LogP) is 2.29. The molecular formula is C21H25N3O4. The maximum atomic E-state index is 13.1. The number of aliphatic carboxylic acids is 1. The molecule has 3 rings (SSSR count). The summed E-state index contributed by atoms with van der Waals surface area (Å²) >= 11 is 0. The lowest BCUT2D eigenvalue weighted by molar-refractivity contribution is -0.138. The van der Waals surface area contributed by atoms with E-state index in [0.717, 1.165) is 11.4 Å². The van der Waals surface area contributed by atoms with E-state index in [9.17, 15) is 9.59 Å². The Bertz CT molecular complexity index is 812. The lowest BCUT2D eigenvalue weighted by Crippen LogP contribution is -2.49. The molecule has 1 heterocycles. The summed E-state index contributed by atoms with van der Waals surface area (Å²) in [4.78, 5) is 27.4. The van der Waals surface area contributed by atoms with Crippen molar-refractivity contribution in [3.63, 3.8) is 0 Å². The number of hydrogen-bond donors (Lipinski definition) is 2. The smallest absolute Gasteiger partial charge is 0.317 e. The number of anilines is 2. The molecule has 1 saturated heterocycles. The van der Waals surface area contributed by atoms with Crippen molar-refractivity contribution < 1.29 is 19.4 Å². The maximum absolute atomic E-state index is 13.1. The van der Waals surface area contributed by atoms with Gasteiger partial charge in [-0.2, -0.15) is 0 Å². The lowest BCUT2D eigenvalue weighted by Gasteiger charge is -2.35. The number of nitrogens with one attached hydrogen (secondary N) is 1. The summed E-state index contributed by atoms with van der Waals surface area (Å²) in [5.41, 5.74) is 2.27. The highest BCUT2D eigenvalue weighted by molar-refractivity contribution is 6.00. The number of likely N-dealkylation sites (N-methyl/N-ethyl adjacent to an activating group) is 1. The van der Waals surface area contributed by atoms with Crippen LogP contribution in [0.1, 0.15) is 10.4 Å². The predicted molar refractivity (Wildman–Crippen MR) is 107 cm³/mol. The molecule has 0 aliphatic carbocycles. The number of hydrogen-bond acceptors (Lipinski definition) is 5. The van der Waals surface area contributed by atoms with E-state index >= 15 is 0 Å². The summed E-state index contributed by atoms with van der Waals surface area (Å²) in [7, 11) is 1.73. The number of benzene rings is 2. The molecule has 0 saturated carbocycles. The van der Waals surface area contributed by atoms with Gasteiger partial charge < -0.3 is 20.1 Å². The fourth-order valence-corrected chi connectivity index (χ4v) is 3.28. The van der Waals surface area contributed by atoms with E-state index in [1.807, 2.05) is 54.6 Å². The second kappa shape index (κ2) is 9.34. The number of carboxylic acid groups (broad SMARTS) is 1. The number of carboxylic acids is 1. The van der Waals surface area contributed by atoms with E-state index in [1.165, 1.54) is 0 Å². The number of carbonyl (C=O) groups is 2. The lowest BCUT2D eigenvalue weighted by atomic mass is 10.1. The minimum absolute atomic E-state index is 0.0579. The number of nitrogens with zero attached hydrogens (tertiary/aromatic N) is 2. The largest absolute Gasteiger partial charge is 0.480 e. The number of ether oxygens (including phenoxy) is 1. The molecule has 1 aliphatic heterocycles. The third-order valence-electron chi connectivity index (χ3n) is 4.56. The minimum atomic E-state index is -0.882. The topological polar surface area (TPSA) is 82.1 Å². The second-order valence-electron chi connectivity index (χ2n) is 6.87. The summed E-state index contributed by atoms with van der Waals surface area (Å²) in [6, 6.07) is 17.2. The highest BCUT2D eigenvalue weighted by Crippen LogP contribution is 2.23. The van der Waals surface area contributed by atoms with Crippen LogP contribution >= 0.6 is 0 Å². The molecule has 0 radical (unpaired) electrons. The van der Waals surface area contributed by atoms with Crippen molar-refractivity contribution in [2.45, 2.75) is 6.10 Å². The Kier molecular flexibility index (Phi) is 6.62. The molecule has 0 bridgehead atoms. The summed E-state index contributed by atoms with van der Waals surface area (Å²) in [5, 5.41) is 12.2. The number of amides is 1. The van der Waals surface area contributed by atoms with Crippen molar-refractivity contribution in [3.8, 4) is 0 Å². The van der Waals surface area contributed by atoms with Crippen LogP contribution in [0.15, 0.2) is 54.6 Å². The van der Waals surface area contributed by atoms with Gasteiger partial charge in [-0.15, -0.1) is 0 Å². The van der Waals surface area contributed by atoms with Crippen LogP contribution in [0.3, 0.4) is 0 Å². The van der Waals surface area contributed by atoms with Gasteiger partial charge in [0.25, 0.3) is 5.91 Å². The van der Waals surface area contributed by atoms with Crippen LogP contribution < -0.4 is 5.32 Å². The molecule has 2 aromatic rings. The first-order valence-corrected chi connectivity index (χ1v) is 9.25. The molecule has 2 aromatic carbocycles. The Morgan fingerprint density at radius 1 is 1.18 bits per heavy atom. The summed E-state index contributed by atoms with van der Waals surface area (Å²) < 4.78 is 5.73. The number of para-hydroxylation sites is 2. The highest BCUT2D eigenvalue weighted by Gasteiger charge is 2.27. The zero-order valence-electron chi connectivity index (χ0n) is 15.9. The molecule has 28 heavy (non-hydrogen) atoms. The average molecular weight is 383 g/mol. The Morgan fingerprint density at radius 2 is 1.89 bits per heavy atom. The SMILES string of the molecule is CN(CC(=O)O)CC1CN(C(=O)c2ccccc2Nc2ccccc2)CCO1. The van der Waals surface area contributed by atoms with Crippen LogP contribution in [0, 0.1) is 0 Å². The van der Waals surface area contributed by atoms with Crippen LogP contribution in [-0.2, 0) is 9.53 Å². The van der Waals surface area contributed by atoms with Crippen molar-refractivity contribution in [3.05, 3.63) is 60.2 Å². The standard InChI is InChI=1S/C21H25N3O4/c1-23(15-20(25)26)13-17-14-24(11-12-28-17)21(27)18-9-5-6-10-19(18)22-16-7-3-2-4-8-16/h2-10,17,22H,11-15H2,1H3,(H,25,26). The van der Waals surface area contributed by atoms with Gasteiger partial charge in [0.05, 0.1) is 30.5 Å². The molecule has 0 aromatic heterocycles. The van der Waals surface area contributed by atoms with Crippen molar-refractivity contribution in [1.82, 2.24) is 9.80 Å². The number of morpholine rings is 1. The minimum Gasteiger partial charge on any atom is -0.480 e. The van der Waals surface area contributed by atoms with Gasteiger partial charge in [0.1, 0.15) is 0 Å². The molecule has 7 nitrogen and oxygen atoms in total. The molecule has 2 N–H and O–H groups in total. The van der Waals surface area contributed by atoms with Crippen LogP contribution in [0.5, 0.6) is 0 Å². The normalized spacial score (nSPS) is 16.8. The fraction of sp³-hybridized carbons (Fsp3) is 0.333. The first-order chi connectivity index (χ1) is 13.5. The van der Waals surface area contributed by atoms with Crippen molar-refractivity contribution in [1.29, 1.82) is 0 Å². The van der Waals surface area contributed by atoms with Crippen LogP contribution in [0.2, 0.25) is 0 Å². The van der Waals surface area contributed by atoms with Gasteiger partial charge >= 0.3 is 5.97 Å². The quantitative estimate of drug-likeness (QED) is 0.763. The first-order valence-electron chi connectivity index (χ1n) is 9.25. The van der Waals surface area contributed by atoms with E-state index in [1.54, 1.807) is 16.8 Å². The van der Waals surface area contributed by atoms with Crippen LogP contribution in [0.25, 0.3) is 0 Å². The number of carbonyl (C=O) groups excluding carboxylic acids is 1. The van der Waals surface area contributed by atoms with E-state index in [-0.39, 0.29) is 18.6 Å². The molecule has 1 atom stereocenters. The molecule has 1 unspecified atom stereocenters. The summed E-state index contributed by atoms with van der Waals surface area (Å²) in [6.07, 6.45) is -0.212. The molecule has 1 amide bonds. The highest BCUT2D eigenvalue weighted by atomic mass is 16.5. The average Bonchev–Trinajstić information content (AvgIpc) is 2.68. The summed E-state index contributed by atoms with van der Waals surface area (Å²) in [6.45, 7) is 1.78. The fourth-order valence-electron chi connectivity index (χ4n) is 3.28. The van der Waals surface area contributed by atoms with Gasteiger partial charge in [0.2, 0.25) is 0 Å². The Balaban J connectivity index is 1.69. The van der Waals surface area contributed by atoms with Crippen molar-refractivity contribution in [2.24, 2.45) is 0 Å².